The van der Waals surface area contributed by atoms with Crippen LogP contribution in [0.3, 0.4) is 0 Å². The van der Waals surface area contributed by atoms with Gasteiger partial charge in [0.2, 0.25) is 5.91 Å². The summed E-state index contributed by atoms with van der Waals surface area (Å²) >= 11 is 3.86. The fourth-order valence-corrected chi connectivity index (χ4v) is 15.6. The van der Waals surface area contributed by atoms with Crippen LogP contribution in [0, 0.1) is 5.92 Å². The Morgan fingerprint density at radius 3 is 1.57 bits per heavy atom. The fraction of sp³-hybridized carbons (Fsp3) is 0.294. The van der Waals surface area contributed by atoms with Gasteiger partial charge in [-0.25, -0.2) is 0 Å². The van der Waals surface area contributed by atoms with Gasteiger partial charge < -0.3 is 10.2 Å². The molecule has 0 spiro atoms. The van der Waals surface area contributed by atoms with Crippen molar-refractivity contribution in [3.63, 3.8) is 0 Å². The van der Waals surface area contributed by atoms with E-state index < -0.39 is 9.49 Å². The van der Waals surface area contributed by atoms with E-state index in [0.29, 0.717) is 31.1 Å². The minimum Gasteiger partial charge on any atom is -0.399 e. The predicted molar refractivity (Wildman–Crippen MR) is 320 cm³/mol. The molecule has 8 aromatic rings. The Morgan fingerprint density at radius 2 is 1.08 bits per heavy atom. The quantitative estimate of drug-likeness (QED) is 0.0282. The summed E-state index contributed by atoms with van der Waals surface area (Å²) in [6.45, 7) is 5.68. The molecule has 6 nitrogen and oxygen atoms in total. The molecule has 2 unspecified atom stereocenters. The van der Waals surface area contributed by atoms with Crippen LogP contribution in [-0.2, 0) is 19.1 Å². The second-order valence-electron chi connectivity index (χ2n) is 20.4. The molecule has 2 saturated heterocycles. The Labute approximate surface area is 460 Å². The Hall–Kier alpha value is -6.42. The van der Waals surface area contributed by atoms with Crippen LogP contribution in [0.15, 0.2) is 230 Å². The molecule has 2 aliphatic heterocycles. The first kappa shape index (κ1) is 53.0. The minimum atomic E-state index is -0.448. The van der Waals surface area contributed by atoms with Gasteiger partial charge in [0, 0.05) is 42.6 Å². The maximum atomic E-state index is 14.5. The number of nitrogens with zero attached hydrogens (tertiary/aromatic N) is 3. The Bertz CT molecular complexity index is 2900. The van der Waals surface area contributed by atoms with E-state index in [-0.39, 0.29) is 11.8 Å². The second-order valence-corrected chi connectivity index (χ2v) is 23.0. The molecule has 388 valence electrons. The maximum Gasteiger partial charge on any atom is 0.234 e. The molecule has 2 fully saturated rings. The smallest absolute Gasteiger partial charge is 0.234 e. The summed E-state index contributed by atoms with van der Waals surface area (Å²) in [6.07, 6.45) is 5.27. The van der Waals surface area contributed by atoms with Crippen molar-refractivity contribution in [1.82, 2.24) is 15.1 Å². The minimum absolute atomic E-state index is 0.0653. The molecule has 0 radical (unpaired) electrons. The highest BCUT2D eigenvalue weighted by atomic mass is 32.2. The third-order valence-electron chi connectivity index (χ3n) is 16.0. The van der Waals surface area contributed by atoms with E-state index in [0.717, 1.165) is 62.5 Å². The Balaban J connectivity index is 0.885. The first-order chi connectivity index (χ1) is 37.5. The van der Waals surface area contributed by atoms with Crippen LogP contribution < -0.4 is 5.32 Å². The molecule has 1 N–H and O–H groups in total. The van der Waals surface area contributed by atoms with E-state index in [9.17, 15) is 4.79 Å². The van der Waals surface area contributed by atoms with Crippen LogP contribution >= 0.6 is 23.5 Å². The number of nitrogens with one attached hydrogen (secondary N) is 1. The molecule has 8 heteroatoms. The molecule has 2 heterocycles. The van der Waals surface area contributed by atoms with Gasteiger partial charge in [0.05, 0.1) is 21.8 Å². The van der Waals surface area contributed by atoms with Crippen LogP contribution in [0.2, 0.25) is 0 Å². The van der Waals surface area contributed by atoms with Gasteiger partial charge >= 0.3 is 0 Å². The summed E-state index contributed by atoms with van der Waals surface area (Å²) in [5, 5.41) is 10.7. The van der Waals surface area contributed by atoms with Gasteiger partial charge in [-0.05, 0) is 101 Å². The van der Waals surface area contributed by atoms with Crippen molar-refractivity contribution in [2.75, 3.05) is 51.3 Å². The zero-order valence-corrected chi connectivity index (χ0v) is 45.8. The van der Waals surface area contributed by atoms with E-state index in [1.54, 1.807) is 7.11 Å². The lowest BCUT2D eigenvalue weighted by atomic mass is 9.72. The molecule has 2 bridgehead atoms. The lowest BCUT2D eigenvalue weighted by molar-refractivity contribution is -0.122. The highest BCUT2D eigenvalue weighted by molar-refractivity contribution is 8.00. The Morgan fingerprint density at radius 1 is 0.605 bits per heavy atom. The number of rotatable bonds is 24. The molecule has 8 aromatic carbocycles. The number of thioether (sulfide) groups is 2. The molecular weight excluding hydrogens is 969 g/mol. The van der Waals surface area contributed by atoms with Crippen LogP contribution in [0.25, 0.3) is 10.8 Å². The number of hydrogen-bond donors (Lipinski definition) is 1. The number of carbonyl (C=O) groups excluding carboxylic acids is 1. The van der Waals surface area contributed by atoms with Crippen molar-refractivity contribution in [1.29, 1.82) is 0 Å². The largest absolute Gasteiger partial charge is 0.399 e. The second kappa shape index (κ2) is 25.6. The van der Waals surface area contributed by atoms with Crippen molar-refractivity contribution in [3.05, 3.63) is 263 Å². The van der Waals surface area contributed by atoms with Gasteiger partial charge in [-0.3, -0.25) is 14.6 Å². The number of fused-ring (bicyclic) bond motifs is 3. The highest BCUT2D eigenvalue weighted by Gasteiger charge is 2.49. The molecule has 2 aliphatic rings. The summed E-state index contributed by atoms with van der Waals surface area (Å²) in [4.78, 5) is 25.3. The zero-order valence-electron chi connectivity index (χ0n) is 44.1. The van der Waals surface area contributed by atoms with Crippen molar-refractivity contribution < 1.29 is 9.63 Å². The van der Waals surface area contributed by atoms with E-state index >= 15 is 0 Å². The molecule has 1 amide bonds. The van der Waals surface area contributed by atoms with Gasteiger partial charge in [-0.15, -0.1) is 23.5 Å². The number of benzene rings is 8. The van der Waals surface area contributed by atoms with Gasteiger partial charge in [-0.1, -0.05) is 237 Å². The fourth-order valence-electron chi connectivity index (χ4n) is 12.6. The molecule has 10 rings (SSSR count). The van der Waals surface area contributed by atoms with Crippen molar-refractivity contribution in [2.24, 2.45) is 11.1 Å². The van der Waals surface area contributed by atoms with E-state index in [1.807, 2.05) is 23.5 Å². The first-order valence-electron chi connectivity index (χ1n) is 27.5. The number of carbonyl (C=O) groups is 1. The lowest BCUT2D eigenvalue weighted by Crippen LogP contribution is -2.51. The number of amides is 1. The van der Waals surface area contributed by atoms with Crippen molar-refractivity contribution in [2.45, 2.75) is 66.5 Å². The number of oxime groups is 1. The monoisotopic (exact) mass is 1040 g/mol. The third-order valence-corrected chi connectivity index (χ3v) is 19.1. The lowest BCUT2D eigenvalue weighted by Gasteiger charge is -2.45. The molecular formula is C68H72N4O2S2. The summed E-state index contributed by atoms with van der Waals surface area (Å²) < 4.78 is -0.891. The average Bonchev–Trinajstić information content (AvgIpc) is 3.85. The molecule has 4 atom stereocenters. The number of hydrogen-bond acceptors (Lipinski definition) is 7. The van der Waals surface area contributed by atoms with Crippen molar-refractivity contribution in [3.8, 4) is 0 Å². The van der Waals surface area contributed by atoms with Crippen LogP contribution in [0.1, 0.15) is 83.9 Å². The van der Waals surface area contributed by atoms with Crippen LogP contribution in [0.4, 0.5) is 0 Å². The SMILES string of the molecule is CCC(=NOC)[C@@H]1C2CCC(C[C@H]1c1ccc3ccccc3c1)N2CCCN(CCSC(c1ccccc1)(c1ccccc1)c1ccccc1)CC(=O)NCCSC(c1ccccc1)(c1ccccc1)c1ccccc1. The zero-order chi connectivity index (χ0) is 52.0. The Kier molecular flexibility index (Phi) is 17.9. The van der Waals surface area contributed by atoms with E-state index in [4.69, 9.17) is 9.99 Å². The molecule has 76 heavy (non-hydrogen) atoms. The molecule has 0 aliphatic carbocycles. The standard InChI is InChI=1S/C68H72N4O2S2/c1-3-63(70-74-2)66-62(54-40-39-52-25-22-23-26-53(52)49-54)50-61-41-42-64(66)72(61)45-24-44-71(46-48-76-68(58-33-16-7-17-34-58,59-35-18-8-19-36-59)60-37-20-9-21-38-60)51-65(73)69-43-47-75-67(55-27-10-4-11-28-55,56-29-12-5-13-30-56)57-31-14-6-15-32-57/h4-23,25-40,49,61-62,64,66H,3,24,41-48,50-51H2,1-2H3,(H,69,73)/t61?,62-,64?,66+/m0/s1. The van der Waals surface area contributed by atoms with Gasteiger partial charge in [0.25, 0.3) is 0 Å². The summed E-state index contributed by atoms with van der Waals surface area (Å²) in [5.74, 6) is 2.27. The topological polar surface area (TPSA) is 57.2 Å². The third kappa shape index (κ3) is 11.6. The van der Waals surface area contributed by atoms with Crippen LogP contribution in [-0.4, -0.2) is 84.8 Å². The van der Waals surface area contributed by atoms with E-state index in [1.165, 1.54) is 56.1 Å². The maximum absolute atomic E-state index is 14.5. The predicted octanol–water partition coefficient (Wildman–Crippen LogP) is 14.4. The van der Waals surface area contributed by atoms with Gasteiger partial charge in [0.15, 0.2) is 0 Å². The van der Waals surface area contributed by atoms with Crippen molar-refractivity contribution >= 4 is 45.9 Å². The first-order valence-corrected chi connectivity index (χ1v) is 29.4. The summed E-state index contributed by atoms with van der Waals surface area (Å²) in [5.41, 5.74) is 9.98. The molecule has 0 saturated carbocycles. The normalized spacial score (nSPS) is 18.0. The highest BCUT2D eigenvalue weighted by Crippen LogP contribution is 2.51. The molecule has 0 aromatic heterocycles. The van der Waals surface area contributed by atoms with E-state index in [2.05, 4.69) is 246 Å². The summed E-state index contributed by atoms with van der Waals surface area (Å²) in [7, 11) is 1.69. The number of piperidine rings is 1. The van der Waals surface area contributed by atoms with Crippen LogP contribution in [0.5, 0.6) is 0 Å². The van der Waals surface area contributed by atoms with Gasteiger partial charge in [-0.2, -0.15) is 0 Å². The average molecular weight is 1040 g/mol. The van der Waals surface area contributed by atoms with Gasteiger partial charge in [0.1, 0.15) is 7.11 Å². The summed E-state index contributed by atoms with van der Waals surface area (Å²) in [6, 6.07) is 82.0.